The first-order valence-corrected chi connectivity index (χ1v) is 12.5. The second kappa shape index (κ2) is 10.7. The molecule has 0 N–H and O–H groups in total. The fourth-order valence-corrected chi connectivity index (χ4v) is 5.11. The summed E-state index contributed by atoms with van der Waals surface area (Å²) in [5.74, 6) is 1.09. The lowest BCUT2D eigenvalue weighted by Crippen LogP contribution is -2.32. The number of nitrogens with zero attached hydrogens (tertiary/aromatic N) is 3. The molecule has 0 radical (unpaired) electrons. The number of anilines is 1. The van der Waals surface area contributed by atoms with E-state index in [2.05, 4.69) is 84.8 Å². The summed E-state index contributed by atoms with van der Waals surface area (Å²) in [5.41, 5.74) is 8.24. The minimum atomic E-state index is 0. The van der Waals surface area contributed by atoms with Crippen LogP contribution in [0.3, 0.4) is 0 Å². The van der Waals surface area contributed by atoms with Gasteiger partial charge in [0.2, 0.25) is 0 Å². The number of hydrogen-bond acceptors (Lipinski definition) is 3. The zero-order valence-corrected chi connectivity index (χ0v) is 21.7. The average molecular weight is 488 g/mol. The van der Waals surface area contributed by atoms with E-state index in [1.165, 1.54) is 27.9 Å². The number of carbonyl (C=O) groups excluding carboxylic acids is 1. The Balaban J connectivity index is 0.00000289. The molecule has 0 atom stereocenters. The molecular weight excluding hydrogens is 454 g/mol. The van der Waals surface area contributed by atoms with E-state index in [-0.39, 0.29) is 18.2 Å². The van der Waals surface area contributed by atoms with Crippen LogP contribution in [-0.2, 0) is 19.5 Å². The number of carbonyl (C=O) groups is 1. The zero-order chi connectivity index (χ0) is 23.7. The van der Waals surface area contributed by atoms with E-state index in [1.807, 2.05) is 6.07 Å². The molecule has 2 aromatic heterocycles. The number of fused-ring (bicyclic) bond motifs is 2. The molecule has 1 aliphatic rings. The van der Waals surface area contributed by atoms with Crippen molar-refractivity contribution in [2.75, 3.05) is 11.4 Å². The molecule has 0 aliphatic carbocycles. The number of unbranched alkanes of at least 4 members (excludes halogenated alkanes) is 1. The molecule has 5 rings (SSSR count). The smallest absolute Gasteiger partial charge is 0.181 e. The summed E-state index contributed by atoms with van der Waals surface area (Å²) in [5, 5.41) is 1.15. The first kappa shape index (κ1) is 25.0. The van der Waals surface area contributed by atoms with Crippen LogP contribution in [0, 0.1) is 13.8 Å². The summed E-state index contributed by atoms with van der Waals surface area (Å²) >= 11 is 0. The van der Waals surface area contributed by atoms with Gasteiger partial charge in [-0.15, -0.1) is 12.4 Å². The van der Waals surface area contributed by atoms with Crippen LogP contribution in [0.5, 0.6) is 0 Å². The topological polar surface area (TPSA) is 38.1 Å². The minimum absolute atomic E-state index is 0. The summed E-state index contributed by atoms with van der Waals surface area (Å²) in [7, 11) is 0. The Bertz CT molecular complexity index is 1340. The quantitative estimate of drug-likeness (QED) is 0.262. The van der Waals surface area contributed by atoms with Crippen LogP contribution in [0.1, 0.15) is 64.6 Å². The van der Waals surface area contributed by atoms with Gasteiger partial charge in [0.15, 0.2) is 11.6 Å². The van der Waals surface area contributed by atoms with Gasteiger partial charge in [0.1, 0.15) is 5.69 Å². The van der Waals surface area contributed by atoms with Crippen LogP contribution in [0.25, 0.3) is 10.9 Å². The van der Waals surface area contributed by atoms with E-state index >= 15 is 0 Å². The maximum absolute atomic E-state index is 13.1. The van der Waals surface area contributed by atoms with Crippen molar-refractivity contribution in [3.05, 3.63) is 94.3 Å². The van der Waals surface area contributed by atoms with E-state index in [0.29, 0.717) is 12.1 Å². The third-order valence-electron chi connectivity index (χ3n) is 7.25. The highest BCUT2D eigenvalue weighted by Crippen LogP contribution is 2.35. The van der Waals surface area contributed by atoms with E-state index < -0.39 is 0 Å². The van der Waals surface area contributed by atoms with Crippen LogP contribution in [0.15, 0.2) is 60.7 Å². The first-order chi connectivity index (χ1) is 16.6. The number of halogens is 1. The van der Waals surface area contributed by atoms with E-state index in [0.717, 1.165) is 55.6 Å². The molecule has 0 unspecified atom stereocenters. The summed E-state index contributed by atoms with van der Waals surface area (Å²) in [6.45, 7) is 9.00. The summed E-state index contributed by atoms with van der Waals surface area (Å²) in [6, 6.07) is 21.3. The van der Waals surface area contributed by atoms with Crippen molar-refractivity contribution >= 4 is 34.9 Å². The Morgan fingerprint density at radius 2 is 1.71 bits per heavy atom. The number of aromatic nitrogens is 2. The Morgan fingerprint density at radius 3 is 2.46 bits per heavy atom. The Hall–Kier alpha value is -3.11. The van der Waals surface area contributed by atoms with Crippen molar-refractivity contribution in [2.45, 2.75) is 59.5 Å². The summed E-state index contributed by atoms with van der Waals surface area (Å²) in [4.78, 5) is 20.5. The van der Waals surface area contributed by atoms with Gasteiger partial charge in [-0.2, -0.15) is 0 Å². The molecule has 0 spiro atoms. The molecule has 3 heterocycles. The number of Topliss-reactive ketones (excluding diaryl/α,β-unsaturated/α-hetero) is 1. The van der Waals surface area contributed by atoms with Gasteiger partial charge in [-0.3, -0.25) is 4.79 Å². The number of rotatable bonds is 7. The number of benzene rings is 2. The highest BCUT2D eigenvalue weighted by atomic mass is 35.5. The maximum atomic E-state index is 13.1. The van der Waals surface area contributed by atoms with Crippen molar-refractivity contribution in [3.63, 3.8) is 0 Å². The van der Waals surface area contributed by atoms with Gasteiger partial charge in [0.05, 0.1) is 5.52 Å². The van der Waals surface area contributed by atoms with Crippen molar-refractivity contribution in [1.82, 2.24) is 9.55 Å². The predicted molar refractivity (Wildman–Crippen MR) is 147 cm³/mol. The van der Waals surface area contributed by atoms with Crippen LogP contribution in [-0.4, -0.2) is 21.9 Å². The van der Waals surface area contributed by atoms with Crippen molar-refractivity contribution in [1.29, 1.82) is 0 Å². The molecule has 4 aromatic rings. The summed E-state index contributed by atoms with van der Waals surface area (Å²) < 4.78 is 2.39. The van der Waals surface area contributed by atoms with Crippen LogP contribution >= 0.6 is 12.4 Å². The molecule has 0 fully saturated rings. The third-order valence-corrected chi connectivity index (χ3v) is 7.25. The molecule has 2 aromatic carbocycles. The minimum Gasteiger partial charge on any atom is -0.350 e. The van der Waals surface area contributed by atoms with Gasteiger partial charge in [0.25, 0.3) is 0 Å². The van der Waals surface area contributed by atoms with Gasteiger partial charge in [0, 0.05) is 37.1 Å². The normalized spacial score (nSPS) is 12.9. The lowest BCUT2D eigenvalue weighted by Gasteiger charge is -2.31. The van der Waals surface area contributed by atoms with Crippen LogP contribution < -0.4 is 4.90 Å². The van der Waals surface area contributed by atoms with E-state index in [1.54, 1.807) is 0 Å². The third kappa shape index (κ3) is 4.85. The monoisotopic (exact) mass is 487 g/mol. The van der Waals surface area contributed by atoms with E-state index in [9.17, 15) is 4.79 Å². The fourth-order valence-electron chi connectivity index (χ4n) is 5.11. The van der Waals surface area contributed by atoms with Crippen molar-refractivity contribution < 1.29 is 4.79 Å². The Morgan fingerprint density at radius 1 is 1.00 bits per heavy atom. The molecule has 0 saturated heterocycles. The SMILES string of the molecule is CCCCC(=O)c1cc2c(C)c(C)n(Cc3ccccc3)c2c(N2CCc3ccccc3C2)n1.Cl. The number of hydrogen-bond donors (Lipinski definition) is 0. The molecule has 0 saturated carbocycles. The number of aryl methyl sites for hydroxylation is 1. The molecule has 4 nitrogen and oxygen atoms in total. The average Bonchev–Trinajstić information content (AvgIpc) is 3.11. The maximum Gasteiger partial charge on any atom is 0.181 e. The Labute approximate surface area is 214 Å². The second-order valence-electron chi connectivity index (χ2n) is 9.48. The van der Waals surface area contributed by atoms with E-state index in [4.69, 9.17) is 4.98 Å². The van der Waals surface area contributed by atoms with Crippen molar-refractivity contribution in [2.24, 2.45) is 0 Å². The molecule has 182 valence electrons. The Kier molecular flexibility index (Phi) is 7.61. The first-order valence-electron chi connectivity index (χ1n) is 12.5. The highest BCUT2D eigenvalue weighted by Gasteiger charge is 2.25. The van der Waals surface area contributed by atoms with Crippen molar-refractivity contribution in [3.8, 4) is 0 Å². The zero-order valence-electron chi connectivity index (χ0n) is 20.9. The molecule has 35 heavy (non-hydrogen) atoms. The second-order valence-corrected chi connectivity index (χ2v) is 9.48. The molecule has 5 heteroatoms. The lowest BCUT2D eigenvalue weighted by molar-refractivity contribution is 0.0975. The molecule has 0 bridgehead atoms. The molecule has 0 amide bonds. The van der Waals surface area contributed by atoms with Gasteiger partial charge >= 0.3 is 0 Å². The van der Waals surface area contributed by atoms with Crippen LogP contribution in [0.4, 0.5) is 5.82 Å². The van der Waals surface area contributed by atoms with Gasteiger partial charge in [-0.05, 0) is 55.0 Å². The predicted octanol–water partition coefficient (Wildman–Crippen LogP) is 7.06. The molecule has 1 aliphatic heterocycles. The number of ketones is 1. The molecular formula is C30H34ClN3O. The number of pyridine rings is 1. The highest BCUT2D eigenvalue weighted by molar-refractivity contribution is 6.02. The summed E-state index contributed by atoms with van der Waals surface area (Å²) in [6.07, 6.45) is 3.46. The van der Waals surface area contributed by atoms with Crippen LogP contribution in [0.2, 0.25) is 0 Å². The van der Waals surface area contributed by atoms with Gasteiger partial charge < -0.3 is 9.47 Å². The standard InChI is InChI=1S/C30H33N3O.ClH/c1-4-5-15-28(34)27-18-26-21(2)22(3)33(19-23-11-7-6-8-12-23)29(26)30(31-27)32-17-16-24-13-9-10-14-25(24)20-32;/h6-14,18H,4-5,15-17,19-20H2,1-3H3;1H. The largest absolute Gasteiger partial charge is 0.350 e. The fraction of sp³-hybridized carbons (Fsp3) is 0.333. The van der Waals surface area contributed by atoms with Gasteiger partial charge in [-0.25, -0.2) is 4.98 Å². The van der Waals surface area contributed by atoms with Gasteiger partial charge in [-0.1, -0.05) is 67.9 Å². The lowest BCUT2D eigenvalue weighted by atomic mass is 9.99.